The van der Waals surface area contributed by atoms with Crippen molar-refractivity contribution in [2.45, 2.75) is 32.6 Å². The second kappa shape index (κ2) is 5.53. The molecular weight excluding hydrogens is 194 g/mol. The van der Waals surface area contributed by atoms with Crippen molar-refractivity contribution in [1.82, 2.24) is 4.90 Å². The molecule has 0 bridgehead atoms. The van der Waals surface area contributed by atoms with E-state index in [1.807, 2.05) is 0 Å². The average molecular weight is 211 g/mol. The number of rotatable bonds is 3. The molecule has 0 atom stereocenters. The maximum absolute atomic E-state index is 11.5. The lowest BCUT2D eigenvalue weighted by atomic mass is 10.2. The molecule has 0 unspecified atom stereocenters. The SMILES string of the molecule is CC(=CCN1CCCCCC1=O)C(=O)O. The van der Waals surface area contributed by atoms with Gasteiger partial charge in [-0.05, 0) is 19.8 Å². The zero-order chi connectivity index (χ0) is 11.3. The zero-order valence-corrected chi connectivity index (χ0v) is 9.03. The molecule has 1 aliphatic heterocycles. The molecule has 1 N–H and O–H groups in total. The van der Waals surface area contributed by atoms with Crippen LogP contribution in [0.2, 0.25) is 0 Å². The summed E-state index contributed by atoms with van der Waals surface area (Å²) in [5.74, 6) is -0.779. The van der Waals surface area contributed by atoms with Crippen molar-refractivity contribution >= 4 is 11.9 Å². The number of carbonyl (C=O) groups excluding carboxylic acids is 1. The summed E-state index contributed by atoms with van der Waals surface area (Å²) >= 11 is 0. The Morgan fingerprint density at radius 2 is 2.20 bits per heavy atom. The Kier molecular flexibility index (Phi) is 4.34. The van der Waals surface area contributed by atoms with E-state index in [1.54, 1.807) is 17.9 Å². The Morgan fingerprint density at radius 1 is 1.47 bits per heavy atom. The van der Waals surface area contributed by atoms with E-state index in [2.05, 4.69) is 0 Å². The first-order valence-corrected chi connectivity index (χ1v) is 5.29. The number of likely N-dealkylation sites (tertiary alicyclic amines) is 1. The van der Waals surface area contributed by atoms with Gasteiger partial charge in [-0.25, -0.2) is 4.79 Å². The molecule has 0 spiro atoms. The minimum absolute atomic E-state index is 0.141. The Balaban J connectivity index is 2.52. The second-order valence-electron chi connectivity index (χ2n) is 3.84. The molecule has 0 aromatic rings. The van der Waals surface area contributed by atoms with Crippen molar-refractivity contribution in [2.24, 2.45) is 0 Å². The highest BCUT2D eigenvalue weighted by Crippen LogP contribution is 2.11. The Morgan fingerprint density at radius 3 is 2.87 bits per heavy atom. The fourth-order valence-electron chi connectivity index (χ4n) is 1.57. The molecule has 0 saturated carbocycles. The van der Waals surface area contributed by atoms with Crippen molar-refractivity contribution in [3.05, 3.63) is 11.6 Å². The van der Waals surface area contributed by atoms with Gasteiger partial charge >= 0.3 is 5.97 Å². The summed E-state index contributed by atoms with van der Waals surface area (Å²) in [6, 6.07) is 0. The van der Waals surface area contributed by atoms with Gasteiger partial charge in [0.2, 0.25) is 5.91 Å². The van der Waals surface area contributed by atoms with Crippen LogP contribution < -0.4 is 0 Å². The molecule has 1 heterocycles. The Bertz CT molecular complexity index is 284. The number of hydrogen-bond donors (Lipinski definition) is 1. The van der Waals surface area contributed by atoms with Gasteiger partial charge in [0.15, 0.2) is 0 Å². The lowest BCUT2D eigenvalue weighted by Crippen LogP contribution is -2.30. The summed E-state index contributed by atoms with van der Waals surface area (Å²) in [6.45, 7) is 2.73. The van der Waals surface area contributed by atoms with Crippen LogP contribution >= 0.6 is 0 Å². The molecule has 4 nitrogen and oxygen atoms in total. The maximum Gasteiger partial charge on any atom is 0.331 e. The summed E-state index contributed by atoms with van der Waals surface area (Å²) in [5.41, 5.74) is 0.298. The highest BCUT2D eigenvalue weighted by molar-refractivity contribution is 5.86. The molecular formula is C11H17NO3. The molecule has 0 aromatic carbocycles. The van der Waals surface area contributed by atoms with Crippen LogP contribution in [0.4, 0.5) is 0 Å². The minimum Gasteiger partial charge on any atom is -0.478 e. The van der Waals surface area contributed by atoms with Gasteiger partial charge in [-0.15, -0.1) is 0 Å². The first-order chi connectivity index (χ1) is 7.11. The number of nitrogens with zero attached hydrogens (tertiary/aromatic N) is 1. The zero-order valence-electron chi connectivity index (χ0n) is 9.03. The van der Waals surface area contributed by atoms with E-state index in [-0.39, 0.29) is 5.91 Å². The van der Waals surface area contributed by atoms with Gasteiger partial charge in [-0.2, -0.15) is 0 Å². The number of aliphatic carboxylic acids is 1. The van der Waals surface area contributed by atoms with Crippen molar-refractivity contribution in [3.63, 3.8) is 0 Å². The molecule has 1 aliphatic rings. The second-order valence-corrected chi connectivity index (χ2v) is 3.84. The van der Waals surface area contributed by atoms with Crippen LogP contribution in [0.3, 0.4) is 0 Å². The summed E-state index contributed by atoms with van der Waals surface area (Å²) in [7, 11) is 0. The first kappa shape index (κ1) is 11.8. The fourth-order valence-corrected chi connectivity index (χ4v) is 1.57. The van der Waals surface area contributed by atoms with Crippen LogP contribution in [0.25, 0.3) is 0 Å². The fraction of sp³-hybridized carbons (Fsp3) is 0.636. The average Bonchev–Trinajstić information content (AvgIpc) is 2.39. The molecule has 0 radical (unpaired) electrons. The highest BCUT2D eigenvalue weighted by atomic mass is 16.4. The van der Waals surface area contributed by atoms with Crippen molar-refractivity contribution in [1.29, 1.82) is 0 Å². The topological polar surface area (TPSA) is 57.6 Å². The molecule has 1 rings (SSSR count). The van der Waals surface area contributed by atoms with E-state index in [9.17, 15) is 9.59 Å². The molecule has 0 aromatic heterocycles. The molecule has 4 heteroatoms. The van der Waals surface area contributed by atoms with Crippen LogP contribution in [-0.2, 0) is 9.59 Å². The van der Waals surface area contributed by atoms with Gasteiger partial charge in [-0.3, -0.25) is 4.79 Å². The van der Waals surface area contributed by atoms with Crippen LogP contribution in [0.1, 0.15) is 32.6 Å². The highest BCUT2D eigenvalue weighted by Gasteiger charge is 2.15. The monoisotopic (exact) mass is 211 g/mol. The molecule has 1 fully saturated rings. The van der Waals surface area contributed by atoms with Crippen LogP contribution in [-0.4, -0.2) is 35.0 Å². The van der Waals surface area contributed by atoms with E-state index in [0.717, 1.165) is 25.8 Å². The van der Waals surface area contributed by atoms with E-state index in [4.69, 9.17) is 5.11 Å². The van der Waals surface area contributed by atoms with Crippen molar-refractivity contribution in [2.75, 3.05) is 13.1 Å². The van der Waals surface area contributed by atoms with E-state index in [0.29, 0.717) is 18.5 Å². The summed E-state index contributed by atoms with van der Waals surface area (Å²) in [6.07, 6.45) is 5.26. The van der Waals surface area contributed by atoms with Gasteiger partial charge < -0.3 is 10.0 Å². The largest absolute Gasteiger partial charge is 0.478 e. The van der Waals surface area contributed by atoms with Crippen LogP contribution in [0, 0.1) is 0 Å². The van der Waals surface area contributed by atoms with Gasteiger partial charge in [0.25, 0.3) is 0 Å². The third kappa shape index (κ3) is 3.73. The third-order valence-electron chi connectivity index (χ3n) is 2.63. The Hall–Kier alpha value is -1.32. The quantitative estimate of drug-likeness (QED) is 0.718. The third-order valence-corrected chi connectivity index (χ3v) is 2.63. The van der Waals surface area contributed by atoms with E-state index in [1.165, 1.54) is 0 Å². The number of carboxylic acids is 1. The van der Waals surface area contributed by atoms with Crippen LogP contribution in [0.15, 0.2) is 11.6 Å². The van der Waals surface area contributed by atoms with E-state index >= 15 is 0 Å². The number of carboxylic acid groups (broad SMARTS) is 1. The molecule has 0 aliphatic carbocycles. The first-order valence-electron chi connectivity index (χ1n) is 5.29. The lowest BCUT2D eigenvalue weighted by molar-refractivity contribution is -0.133. The number of amides is 1. The van der Waals surface area contributed by atoms with Gasteiger partial charge in [0, 0.05) is 25.1 Å². The molecule has 1 saturated heterocycles. The molecule has 1 amide bonds. The maximum atomic E-state index is 11.5. The molecule has 15 heavy (non-hydrogen) atoms. The number of carbonyl (C=O) groups is 2. The predicted octanol–water partition coefficient (Wildman–Crippen LogP) is 1.42. The summed E-state index contributed by atoms with van der Waals surface area (Å²) in [5, 5.41) is 8.66. The van der Waals surface area contributed by atoms with E-state index < -0.39 is 5.97 Å². The number of hydrogen-bond acceptors (Lipinski definition) is 2. The van der Waals surface area contributed by atoms with Gasteiger partial charge in [0.1, 0.15) is 0 Å². The lowest BCUT2D eigenvalue weighted by Gasteiger charge is -2.18. The van der Waals surface area contributed by atoms with Gasteiger partial charge in [-0.1, -0.05) is 12.5 Å². The van der Waals surface area contributed by atoms with Gasteiger partial charge in [0.05, 0.1) is 0 Å². The summed E-state index contributed by atoms with van der Waals surface area (Å²) in [4.78, 5) is 23.8. The normalized spacial score (nSPS) is 18.9. The minimum atomic E-state index is -0.919. The standard InChI is InChI=1S/C11H17NO3/c1-9(11(14)15)6-8-12-7-4-2-3-5-10(12)13/h6H,2-5,7-8H2,1H3,(H,14,15). The van der Waals surface area contributed by atoms with Crippen molar-refractivity contribution < 1.29 is 14.7 Å². The van der Waals surface area contributed by atoms with Crippen molar-refractivity contribution in [3.8, 4) is 0 Å². The predicted molar refractivity (Wildman–Crippen MR) is 56.4 cm³/mol. The Labute approximate surface area is 89.6 Å². The smallest absolute Gasteiger partial charge is 0.331 e. The molecule has 84 valence electrons. The summed E-state index contributed by atoms with van der Waals surface area (Å²) < 4.78 is 0. The van der Waals surface area contributed by atoms with Crippen LogP contribution in [0.5, 0.6) is 0 Å².